The highest BCUT2D eigenvalue weighted by molar-refractivity contribution is 7.53. The summed E-state index contributed by atoms with van der Waals surface area (Å²) < 4.78 is 18.5. The second kappa shape index (κ2) is 17.5. The number of hydrogen-bond donors (Lipinski definition) is 1. The molecule has 5 heteroatoms. The molecule has 4 nitrogen and oxygen atoms in total. The van der Waals surface area contributed by atoms with Crippen LogP contribution < -0.4 is 0 Å². The van der Waals surface area contributed by atoms with Crippen LogP contribution in [0.4, 0.5) is 0 Å². The standard InChI is InChI=1S/C24H50NO3P/c1-6-8-9-10-11-12-13-14-15-16-17-18-19-20-21-23-28-29(26,27)24(22-7-2)25(3,4)5/h13-14,24H,6-12,15-23H2,1-5H3/p+1. The van der Waals surface area contributed by atoms with Gasteiger partial charge in [-0.2, -0.15) is 0 Å². The van der Waals surface area contributed by atoms with E-state index in [1.165, 1.54) is 70.6 Å². The normalized spacial score (nSPS) is 15.7. The van der Waals surface area contributed by atoms with E-state index in [0.29, 0.717) is 17.5 Å². The lowest BCUT2D eigenvalue weighted by Crippen LogP contribution is -2.45. The molecular formula is C24H51NO3P+. The molecule has 0 heterocycles. The van der Waals surface area contributed by atoms with Gasteiger partial charge in [0.05, 0.1) is 27.7 Å². The first-order valence-corrected chi connectivity index (χ1v) is 13.8. The first-order chi connectivity index (χ1) is 13.8. The monoisotopic (exact) mass is 432 g/mol. The van der Waals surface area contributed by atoms with Crippen molar-refractivity contribution >= 4 is 7.60 Å². The molecule has 29 heavy (non-hydrogen) atoms. The fourth-order valence-electron chi connectivity index (χ4n) is 3.70. The molecule has 0 aliphatic heterocycles. The maximum Gasteiger partial charge on any atom is 0.385 e. The summed E-state index contributed by atoms with van der Waals surface area (Å²) in [5.74, 6) is -0.336. The van der Waals surface area contributed by atoms with Gasteiger partial charge in [0.25, 0.3) is 0 Å². The summed E-state index contributed by atoms with van der Waals surface area (Å²) in [4.78, 5) is 10.4. The van der Waals surface area contributed by atoms with E-state index in [1.807, 2.05) is 28.1 Å². The van der Waals surface area contributed by atoms with Crippen molar-refractivity contribution < 1.29 is 18.5 Å². The minimum absolute atomic E-state index is 0.336. The van der Waals surface area contributed by atoms with Crippen molar-refractivity contribution in [1.82, 2.24) is 0 Å². The van der Waals surface area contributed by atoms with Gasteiger partial charge >= 0.3 is 7.60 Å². The third kappa shape index (κ3) is 16.2. The first-order valence-electron chi connectivity index (χ1n) is 12.2. The van der Waals surface area contributed by atoms with Crippen LogP contribution in [0.3, 0.4) is 0 Å². The molecule has 0 saturated heterocycles. The number of nitrogens with zero attached hydrogens (tertiary/aromatic N) is 1. The minimum Gasteiger partial charge on any atom is -0.320 e. The van der Waals surface area contributed by atoms with Crippen molar-refractivity contribution in [2.45, 2.75) is 116 Å². The van der Waals surface area contributed by atoms with Crippen molar-refractivity contribution in [2.75, 3.05) is 27.7 Å². The van der Waals surface area contributed by atoms with Crippen LogP contribution in [0.5, 0.6) is 0 Å². The highest BCUT2D eigenvalue weighted by Crippen LogP contribution is 2.51. The van der Waals surface area contributed by atoms with Gasteiger partial charge in [-0.15, -0.1) is 0 Å². The maximum atomic E-state index is 12.6. The van der Waals surface area contributed by atoms with E-state index < -0.39 is 7.60 Å². The molecule has 1 N–H and O–H groups in total. The van der Waals surface area contributed by atoms with E-state index in [2.05, 4.69) is 19.1 Å². The van der Waals surface area contributed by atoms with Gasteiger partial charge in [0.1, 0.15) is 0 Å². The van der Waals surface area contributed by atoms with E-state index in [4.69, 9.17) is 4.52 Å². The molecule has 0 radical (unpaired) electrons. The molecule has 2 atom stereocenters. The zero-order valence-electron chi connectivity index (χ0n) is 20.2. The summed E-state index contributed by atoms with van der Waals surface area (Å²) in [5.41, 5.74) is 0. The van der Waals surface area contributed by atoms with Crippen LogP contribution >= 0.6 is 7.60 Å². The zero-order valence-corrected chi connectivity index (χ0v) is 21.1. The van der Waals surface area contributed by atoms with Gasteiger partial charge in [0.15, 0.2) is 5.78 Å². The molecule has 0 fully saturated rings. The van der Waals surface area contributed by atoms with E-state index in [-0.39, 0.29) is 5.78 Å². The Morgan fingerprint density at radius 2 is 1.28 bits per heavy atom. The van der Waals surface area contributed by atoms with Gasteiger partial charge in [-0.25, -0.2) is 0 Å². The molecule has 0 aromatic carbocycles. The lowest BCUT2D eigenvalue weighted by molar-refractivity contribution is -0.883. The zero-order chi connectivity index (χ0) is 22.0. The molecule has 0 saturated carbocycles. The van der Waals surface area contributed by atoms with Gasteiger partial charge in [-0.1, -0.05) is 77.4 Å². The lowest BCUT2D eigenvalue weighted by atomic mass is 10.1. The van der Waals surface area contributed by atoms with Gasteiger partial charge in [0, 0.05) is 6.42 Å². The first kappa shape index (κ1) is 28.9. The summed E-state index contributed by atoms with van der Waals surface area (Å²) in [6, 6.07) is 0. The van der Waals surface area contributed by atoms with Gasteiger partial charge in [0.2, 0.25) is 0 Å². The predicted molar refractivity (Wildman–Crippen MR) is 127 cm³/mol. The second-order valence-corrected chi connectivity index (χ2v) is 11.3. The Balaban J connectivity index is 3.64. The number of hydrogen-bond acceptors (Lipinski definition) is 2. The molecule has 0 aliphatic carbocycles. The Kier molecular flexibility index (Phi) is 17.4. The Morgan fingerprint density at radius 1 is 0.793 bits per heavy atom. The average molecular weight is 433 g/mol. The quantitative estimate of drug-likeness (QED) is 0.0929. The van der Waals surface area contributed by atoms with Crippen molar-refractivity contribution in [2.24, 2.45) is 0 Å². The minimum atomic E-state index is -3.56. The molecule has 0 bridgehead atoms. The number of allylic oxidation sites excluding steroid dienone is 2. The summed E-state index contributed by atoms with van der Waals surface area (Å²) in [7, 11) is 2.34. The van der Waals surface area contributed by atoms with Crippen LogP contribution in [-0.4, -0.2) is 42.9 Å². The largest absolute Gasteiger partial charge is 0.385 e. The van der Waals surface area contributed by atoms with Crippen LogP contribution in [0.25, 0.3) is 0 Å². The van der Waals surface area contributed by atoms with E-state index >= 15 is 0 Å². The fourth-order valence-corrected chi connectivity index (χ4v) is 5.72. The Hall–Kier alpha value is -0.150. The molecule has 0 amide bonds. The molecule has 2 unspecified atom stereocenters. The number of unbranched alkanes of at least 4 members (excludes halogenated alkanes) is 11. The molecule has 0 aromatic heterocycles. The van der Waals surface area contributed by atoms with Crippen molar-refractivity contribution in [1.29, 1.82) is 0 Å². The van der Waals surface area contributed by atoms with Gasteiger partial charge in [-0.05, 0) is 38.5 Å². The van der Waals surface area contributed by atoms with Crippen LogP contribution in [-0.2, 0) is 9.09 Å². The number of rotatable bonds is 20. The van der Waals surface area contributed by atoms with Crippen molar-refractivity contribution in [3.8, 4) is 0 Å². The average Bonchev–Trinajstić information content (AvgIpc) is 2.64. The molecule has 0 spiro atoms. The lowest BCUT2D eigenvalue weighted by Gasteiger charge is -2.35. The smallest absolute Gasteiger partial charge is 0.320 e. The SMILES string of the molecule is CCCCCCCC=CCCCCCCCCOP(=O)(O)C(CCC)[N+](C)(C)C. The Morgan fingerprint density at radius 3 is 1.76 bits per heavy atom. The third-order valence-electron chi connectivity index (χ3n) is 5.50. The molecule has 174 valence electrons. The second-order valence-electron chi connectivity index (χ2n) is 9.37. The van der Waals surface area contributed by atoms with Crippen LogP contribution in [0.2, 0.25) is 0 Å². The molecule has 0 aromatic rings. The highest BCUT2D eigenvalue weighted by atomic mass is 31.2. The van der Waals surface area contributed by atoms with Gasteiger partial charge in [-0.3, -0.25) is 4.57 Å². The topological polar surface area (TPSA) is 46.5 Å². The predicted octanol–water partition coefficient (Wildman–Crippen LogP) is 7.67. The Labute approximate surface area is 182 Å². The maximum absolute atomic E-state index is 12.6. The van der Waals surface area contributed by atoms with Gasteiger partial charge < -0.3 is 13.9 Å². The fraction of sp³-hybridized carbons (Fsp3) is 0.917. The van der Waals surface area contributed by atoms with E-state index in [9.17, 15) is 9.46 Å². The van der Waals surface area contributed by atoms with Crippen molar-refractivity contribution in [3.63, 3.8) is 0 Å². The summed E-state index contributed by atoms with van der Waals surface area (Å²) >= 11 is 0. The van der Waals surface area contributed by atoms with Crippen LogP contribution in [0.15, 0.2) is 12.2 Å². The molecule has 0 aliphatic rings. The van der Waals surface area contributed by atoms with E-state index in [0.717, 1.165) is 19.3 Å². The van der Waals surface area contributed by atoms with Crippen LogP contribution in [0.1, 0.15) is 110 Å². The number of quaternary nitrogens is 1. The molecule has 0 rings (SSSR count). The van der Waals surface area contributed by atoms with Crippen LogP contribution in [0, 0.1) is 0 Å². The highest BCUT2D eigenvalue weighted by Gasteiger charge is 2.41. The third-order valence-corrected chi connectivity index (χ3v) is 7.76. The summed E-state index contributed by atoms with van der Waals surface area (Å²) in [5, 5.41) is 0. The Bertz CT molecular complexity index is 446. The van der Waals surface area contributed by atoms with Crippen molar-refractivity contribution in [3.05, 3.63) is 12.2 Å². The summed E-state index contributed by atoms with van der Waals surface area (Å²) in [6.45, 7) is 4.71. The molecular weight excluding hydrogens is 381 g/mol. The van der Waals surface area contributed by atoms with E-state index in [1.54, 1.807) is 0 Å². The summed E-state index contributed by atoms with van der Waals surface area (Å²) in [6.07, 6.45) is 22.5.